The van der Waals surface area contributed by atoms with E-state index < -0.39 is 12.3 Å². The van der Waals surface area contributed by atoms with Crippen LogP contribution in [0.1, 0.15) is 0 Å². The molecule has 2 nitrogen and oxygen atoms in total. The summed E-state index contributed by atoms with van der Waals surface area (Å²) in [5.41, 5.74) is 0. The molecule has 1 N–H and O–H groups in total. The number of nitrogens with one attached hydrogen (secondary N) is 1. The Labute approximate surface area is 57.0 Å². The number of rotatable bonds is 0. The van der Waals surface area contributed by atoms with Crippen LogP contribution in [0.3, 0.4) is 0 Å². The number of alkyl halides is 3. The van der Waals surface area contributed by atoms with Crippen molar-refractivity contribution < 1.29 is 13.2 Å². The molecule has 1 unspecified atom stereocenters. The summed E-state index contributed by atoms with van der Waals surface area (Å²) in [7, 11) is 1.40. The fourth-order valence-corrected chi connectivity index (χ4v) is 0.904. The van der Waals surface area contributed by atoms with Gasteiger partial charge in [-0.05, 0) is 7.05 Å². The summed E-state index contributed by atoms with van der Waals surface area (Å²) in [4.78, 5) is 1.12. The summed E-state index contributed by atoms with van der Waals surface area (Å²) >= 11 is 0. The van der Waals surface area contributed by atoms with Gasteiger partial charge in [-0.2, -0.15) is 13.2 Å². The average Bonchev–Trinajstić information content (AvgIpc) is 2.11. The second-order valence-corrected chi connectivity index (χ2v) is 2.20. The summed E-state index contributed by atoms with van der Waals surface area (Å²) in [5, 5.41) is 2.29. The number of nitrogens with zero attached hydrogens (tertiary/aromatic N) is 1. The molecular formula is C5H8F3N2. The van der Waals surface area contributed by atoms with Crippen molar-refractivity contribution in [3.05, 3.63) is 6.54 Å². The maximum Gasteiger partial charge on any atom is 0.417 e. The van der Waals surface area contributed by atoms with Crippen LogP contribution in [0, 0.1) is 6.54 Å². The zero-order chi connectivity index (χ0) is 7.78. The normalized spacial score (nSPS) is 29.4. The molecule has 59 valence electrons. The van der Waals surface area contributed by atoms with Crippen molar-refractivity contribution in [2.75, 3.05) is 13.6 Å². The molecule has 0 amide bonds. The maximum atomic E-state index is 11.9. The van der Waals surface area contributed by atoms with E-state index in [-0.39, 0.29) is 0 Å². The first kappa shape index (κ1) is 7.81. The lowest BCUT2D eigenvalue weighted by Crippen LogP contribution is -2.45. The van der Waals surface area contributed by atoms with E-state index in [4.69, 9.17) is 0 Å². The fraction of sp³-hybridized carbons (Fsp3) is 0.800. The van der Waals surface area contributed by atoms with Crippen molar-refractivity contribution in [2.24, 2.45) is 0 Å². The van der Waals surface area contributed by atoms with Crippen LogP contribution < -0.4 is 5.32 Å². The molecule has 1 rings (SSSR count). The van der Waals surface area contributed by atoms with Gasteiger partial charge >= 0.3 is 6.18 Å². The van der Waals surface area contributed by atoms with Crippen LogP contribution >= 0.6 is 0 Å². The molecule has 1 saturated heterocycles. The van der Waals surface area contributed by atoms with Crippen LogP contribution in [0.2, 0.25) is 0 Å². The molecule has 0 aromatic carbocycles. The van der Waals surface area contributed by atoms with Crippen LogP contribution in [0.15, 0.2) is 0 Å². The van der Waals surface area contributed by atoms with Gasteiger partial charge in [0, 0.05) is 13.1 Å². The Morgan fingerprint density at radius 1 is 1.60 bits per heavy atom. The minimum absolute atomic E-state index is 0.292. The van der Waals surface area contributed by atoms with E-state index >= 15 is 0 Å². The molecule has 5 heteroatoms. The Kier molecular flexibility index (Phi) is 1.87. The van der Waals surface area contributed by atoms with Crippen molar-refractivity contribution in [3.63, 3.8) is 0 Å². The molecule has 0 aromatic rings. The van der Waals surface area contributed by atoms with E-state index in [9.17, 15) is 13.2 Å². The Morgan fingerprint density at radius 2 is 2.20 bits per heavy atom. The van der Waals surface area contributed by atoms with Gasteiger partial charge < -0.3 is 0 Å². The van der Waals surface area contributed by atoms with Crippen molar-refractivity contribution in [3.8, 4) is 0 Å². The van der Waals surface area contributed by atoms with Gasteiger partial charge in [0.05, 0.1) is 0 Å². The van der Waals surface area contributed by atoms with Gasteiger partial charge in [0.1, 0.15) is 0 Å². The third kappa shape index (κ3) is 1.41. The molecule has 1 aliphatic rings. The number of hydrogen-bond acceptors (Lipinski definition) is 2. The van der Waals surface area contributed by atoms with Crippen molar-refractivity contribution in [1.82, 2.24) is 10.2 Å². The van der Waals surface area contributed by atoms with Crippen LogP contribution in [0.25, 0.3) is 0 Å². The standard InChI is InChI=1S/C5H8F3N2/c1-10-3-2-9-4(10)5(6,7)8/h3-4,9H,2H2,1H3. The molecule has 1 aliphatic heterocycles. The Morgan fingerprint density at radius 3 is 2.40 bits per heavy atom. The van der Waals surface area contributed by atoms with Gasteiger partial charge in [-0.25, -0.2) is 0 Å². The van der Waals surface area contributed by atoms with Crippen LogP contribution in [0.5, 0.6) is 0 Å². The highest BCUT2D eigenvalue weighted by atomic mass is 19.4. The summed E-state index contributed by atoms with van der Waals surface area (Å²) in [6, 6.07) is 0. The average molecular weight is 153 g/mol. The Hall–Kier alpha value is -0.290. The second-order valence-electron chi connectivity index (χ2n) is 2.20. The van der Waals surface area contributed by atoms with Crippen molar-refractivity contribution >= 4 is 0 Å². The highest BCUT2D eigenvalue weighted by molar-refractivity contribution is 4.87. The first-order valence-corrected chi connectivity index (χ1v) is 2.87. The number of halogens is 3. The Balaban J connectivity index is 2.55. The van der Waals surface area contributed by atoms with E-state index in [1.165, 1.54) is 13.6 Å². The second kappa shape index (κ2) is 2.39. The minimum atomic E-state index is -4.16. The zero-order valence-electron chi connectivity index (χ0n) is 5.44. The molecule has 1 atom stereocenters. The fourth-order valence-electron chi connectivity index (χ4n) is 0.904. The van der Waals surface area contributed by atoms with E-state index in [2.05, 4.69) is 5.32 Å². The smallest absolute Gasteiger partial charge is 0.293 e. The first-order valence-electron chi connectivity index (χ1n) is 2.87. The molecule has 0 saturated carbocycles. The molecule has 0 bridgehead atoms. The molecule has 1 heterocycles. The molecule has 1 fully saturated rings. The van der Waals surface area contributed by atoms with E-state index in [0.29, 0.717) is 6.54 Å². The number of hydrogen-bond donors (Lipinski definition) is 1. The summed E-state index contributed by atoms with van der Waals surface area (Å²) < 4.78 is 35.7. The lowest BCUT2D eigenvalue weighted by molar-refractivity contribution is -0.176. The van der Waals surface area contributed by atoms with E-state index in [1.807, 2.05) is 0 Å². The SMILES string of the molecule is CN1[CH]CNC1C(F)(F)F. The molecule has 1 radical (unpaired) electrons. The minimum Gasteiger partial charge on any atom is -0.293 e. The largest absolute Gasteiger partial charge is 0.417 e. The molecule has 10 heavy (non-hydrogen) atoms. The lowest BCUT2D eigenvalue weighted by Gasteiger charge is -2.21. The van der Waals surface area contributed by atoms with Crippen LogP contribution in [0.4, 0.5) is 13.2 Å². The topological polar surface area (TPSA) is 15.3 Å². The summed E-state index contributed by atoms with van der Waals surface area (Å²) in [6.07, 6.45) is -5.66. The number of likely N-dealkylation sites (N-methyl/N-ethyl adjacent to an activating group) is 1. The van der Waals surface area contributed by atoms with E-state index in [1.54, 1.807) is 0 Å². The highest BCUT2D eigenvalue weighted by Crippen LogP contribution is 2.24. The van der Waals surface area contributed by atoms with Gasteiger partial charge in [0.15, 0.2) is 6.17 Å². The van der Waals surface area contributed by atoms with Gasteiger partial charge in [0.2, 0.25) is 0 Å². The molecule has 0 aromatic heterocycles. The summed E-state index contributed by atoms with van der Waals surface area (Å²) in [6.45, 7) is 1.76. The predicted molar refractivity (Wildman–Crippen MR) is 29.9 cm³/mol. The van der Waals surface area contributed by atoms with Crippen molar-refractivity contribution in [2.45, 2.75) is 12.3 Å². The molecule has 0 aliphatic carbocycles. The lowest BCUT2D eigenvalue weighted by atomic mass is 10.5. The van der Waals surface area contributed by atoms with Crippen LogP contribution in [-0.4, -0.2) is 30.8 Å². The molecule has 0 spiro atoms. The third-order valence-corrected chi connectivity index (χ3v) is 1.41. The van der Waals surface area contributed by atoms with E-state index in [0.717, 1.165) is 4.90 Å². The quantitative estimate of drug-likeness (QED) is 0.547. The maximum absolute atomic E-state index is 11.9. The Bertz CT molecular complexity index is 123. The highest BCUT2D eigenvalue weighted by Gasteiger charge is 2.44. The van der Waals surface area contributed by atoms with Gasteiger partial charge in [-0.1, -0.05) is 0 Å². The first-order chi connectivity index (χ1) is 4.52. The van der Waals surface area contributed by atoms with Crippen LogP contribution in [-0.2, 0) is 0 Å². The molecular weight excluding hydrogens is 145 g/mol. The van der Waals surface area contributed by atoms with Gasteiger partial charge in [0.25, 0.3) is 0 Å². The summed E-state index contributed by atoms with van der Waals surface area (Å²) in [5.74, 6) is 0. The zero-order valence-corrected chi connectivity index (χ0v) is 5.44. The van der Waals surface area contributed by atoms with Gasteiger partial charge in [-0.15, -0.1) is 0 Å². The third-order valence-electron chi connectivity index (χ3n) is 1.41. The predicted octanol–water partition coefficient (Wildman–Crippen LogP) is 0.572. The van der Waals surface area contributed by atoms with Crippen molar-refractivity contribution in [1.29, 1.82) is 0 Å². The monoisotopic (exact) mass is 153 g/mol. The van der Waals surface area contributed by atoms with Gasteiger partial charge in [-0.3, -0.25) is 10.2 Å².